The Kier molecular flexibility index (Phi) is 3.30. The molecular weight excluding hydrogens is 214 g/mol. The predicted octanol–water partition coefficient (Wildman–Crippen LogP) is 1.74. The molecule has 0 spiro atoms. The molecule has 3 N–H and O–H groups in total. The van der Waals surface area contributed by atoms with Crippen LogP contribution in [-0.2, 0) is 0 Å². The van der Waals surface area contributed by atoms with E-state index in [0.29, 0.717) is 5.13 Å². The number of nitrogen functional groups attached to an aromatic ring is 1. The van der Waals surface area contributed by atoms with E-state index in [1.165, 1.54) is 29.5 Å². The smallest absolute Gasteiger partial charge is 0.181 e. The van der Waals surface area contributed by atoms with Crippen molar-refractivity contribution in [2.45, 2.75) is 17.6 Å². The molecule has 0 bridgehead atoms. The molecule has 1 aromatic rings. The van der Waals surface area contributed by atoms with Crippen molar-refractivity contribution < 1.29 is 0 Å². The number of aryl methyl sites for hydroxylation is 1. The number of hydrogen-bond acceptors (Lipinski definition) is 5. The van der Waals surface area contributed by atoms with Crippen LogP contribution in [0.4, 0.5) is 5.13 Å². The molecule has 0 amide bonds. The maximum Gasteiger partial charge on any atom is 0.181 e. The van der Waals surface area contributed by atoms with Crippen LogP contribution < -0.4 is 11.1 Å². The molecule has 78 valence electrons. The van der Waals surface area contributed by atoms with Gasteiger partial charge < -0.3 is 11.1 Å². The van der Waals surface area contributed by atoms with Crippen molar-refractivity contribution in [3.8, 4) is 0 Å². The first-order chi connectivity index (χ1) is 6.75. The van der Waals surface area contributed by atoms with E-state index in [9.17, 15) is 0 Å². The van der Waals surface area contributed by atoms with Gasteiger partial charge in [0.25, 0.3) is 0 Å². The molecule has 3 nitrogen and oxygen atoms in total. The zero-order valence-electron chi connectivity index (χ0n) is 8.25. The van der Waals surface area contributed by atoms with Crippen molar-refractivity contribution in [1.29, 1.82) is 0 Å². The van der Waals surface area contributed by atoms with E-state index in [0.717, 1.165) is 11.6 Å². The molecule has 14 heavy (non-hydrogen) atoms. The summed E-state index contributed by atoms with van der Waals surface area (Å²) in [4.78, 5) is 4.21. The maximum absolute atomic E-state index is 5.63. The Hall–Kier alpha value is -0.260. The zero-order chi connectivity index (χ0) is 9.97. The lowest BCUT2D eigenvalue weighted by Gasteiger charge is -2.26. The SMILES string of the molecule is Cc1nc(N)sc1SCCC1CNC1. The fraction of sp³-hybridized carbons (Fsp3) is 0.667. The van der Waals surface area contributed by atoms with Gasteiger partial charge in [-0.1, -0.05) is 11.3 Å². The van der Waals surface area contributed by atoms with Gasteiger partial charge in [-0.3, -0.25) is 0 Å². The molecule has 5 heteroatoms. The minimum atomic E-state index is 0.690. The lowest BCUT2D eigenvalue weighted by Crippen LogP contribution is -2.42. The number of nitrogens with one attached hydrogen (secondary N) is 1. The summed E-state index contributed by atoms with van der Waals surface area (Å²) >= 11 is 3.50. The second-order valence-electron chi connectivity index (χ2n) is 3.59. The van der Waals surface area contributed by atoms with Gasteiger partial charge in [0.1, 0.15) is 0 Å². The van der Waals surface area contributed by atoms with Gasteiger partial charge in [0.15, 0.2) is 5.13 Å². The molecular formula is C9H15N3S2. The van der Waals surface area contributed by atoms with Crippen LogP contribution in [-0.4, -0.2) is 23.8 Å². The number of anilines is 1. The third kappa shape index (κ3) is 2.40. The lowest BCUT2D eigenvalue weighted by atomic mass is 10.0. The Morgan fingerprint density at radius 1 is 1.64 bits per heavy atom. The second kappa shape index (κ2) is 4.51. The van der Waals surface area contributed by atoms with E-state index in [-0.39, 0.29) is 0 Å². The number of thioether (sulfide) groups is 1. The normalized spacial score (nSPS) is 16.9. The molecule has 1 fully saturated rings. The average molecular weight is 229 g/mol. The van der Waals surface area contributed by atoms with Gasteiger partial charge in [0, 0.05) is 0 Å². The summed E-state index contributed by atoms with van der Waals surface area (Å²) in [6, 6.07) is 0. The lowest BCUT2D eigenvalue weighted by molar-refractivity contribution is 0.341. The molecule has 0 unspecified atom stereocenters. The number of rotatable bonds is 4. The Bertz CT molecular complexity index is 307. The van der Waals surface area contributed by atoms with Gasteiger partial charge in [-0.2, -0.15) is 0 Å². The molecule has 0 aliphatic carbocycles. The van der Waals surface area contributed by atoms with Crippen molar-refractivity contribution >= 4 is 28.2 Å². The van der Waals surface area contributed by atoms with Crippen molar-refractivity contribution in [3.63, 3.8) is 0 Å². The molecule has 0 saturated carbocycles. The third-order valence-corrected chi connectivity index (χ3v) is 4.78. The predicted molar refractivity (Wildman–Crippen MR) is 63.0 cm³/mol. The summed E-state index contributed by atoms with van der Waals surface area (Å²) in [5.74, 6) is 2.09. The summed E-state index contributed by atoms with van der Waals surface area (Å²) in [7, 11) is 0. The largest absolute Gasteiger partial charge is 0.375 e. The highest BCUT2D eigenvalue weighted by Gasteiger charge is 2.16. The van der Waals surface area contributed by atoms with Gasteiger partial charge in [-0.05, 0) is 38.1 Å². The Morgan fingerprint density at radius 2 is 2.43 bits per heavy atom. The van der Waals surface area contributed by atoms with E-state index in [2.05, 4.69) is 10.3 Å². The van der Waals surface area contributed by atoms with E-state index < -0.39 is 0 Å². The van der Waals surface area contributed by atoms with Crippen LogP contribution in [0, 0.1) is 12.8 Å². The highest BCUT2D eigenvalue weighted by molar-refractivity contribution is 8.01. The van der Waals surface area contributed by atoms with Crippen LogP contribution in [0.15, 0.2) is 4.21 Å². The van der Waals surface area contributed by atoms with E-state index >= 15 is 0 Å². The Labute approximate surface area is 92.5 Å². The average Bonchev–Trinajstić information content (AvgIpc) is 2.36. The highest BCUT2D eigenvalue weighted by atomic mass is 32.2. The topological polar surface area (TPSA) is 50.9 Å². The first-order valence-corrected chi connectivity index (χ1v) is 6.62. The van der Waals surface area contributed by atoms with Gasteiger partial charge >= 0.3 is 0 Å². The van der Waals surface area contributed by atoms with Crippen molar-refractivity contribution in [1.82, 2.24) is 10.3 Å². The molecule has 0 aromatic carbocycles. The van der Waals surface area contributed by atoms with Crippen molar-refractivity contribution in [2.24, 2.45) is 5.92 Å². The monoisotopic (exact) mass is 229 g/mol. The number of hydrogen-bond donors (Lipinski definition) is 2. The first kappa shape index (κ1) is 10.3. The van der Waals surface area contributed by atoms with Crippen LogP contribution in [0.3, 0.4) is 0 Å². The van der Waals surface area contributed by atoms with Gasteiger partial charge in [-0.15, -0.1) is 11.8 Å². The molecule has 2 heterocycles. The molecule has 2 rings (SSSR count). The maximum atomic E-state index is 5.63. The summed E-state index contributed by atoms with van der Waals surface area (Å²) < 4.78 is 1.29. The number of thiazole rings is 1. The van der Waals surface area contributed by atoms with Crippen molar-refractivity contribution in [2.75, 3.05) is 24.6 Å². The van der Waals surface area contributed by atoms with E-state index in [1.54, 1.807) is 11.3 Å². The molecule has 1 aromatic heterocycles. The number of nitrogens with two attached hydrogens (primary N) is 1. The summed E-state index contributed by atoms with van der Waals surface area (Å²) in [6.45, 7) is 4.43. The zero-order valence-corrected chi connectivity index (χ0v) is 9.88. The minimum Gasteiger partial charge on any atom is -0.375 e. The molecule has 1 aliphatic rings. The van der Waals surface area contributed by atoms with Crippen LogP contribution in [0.2, 0.25) is 0 Å². The van der Waals surface area contributed by atoms with Gasteiger partial charge in [0.05, 0.1) is 9.90 Å². The molecule has 1 saturated heterocycles. The van der Waals surface area contributed by atoms with E-state index in [4.69, 9.17) is 5.73 Å². The van der Waals surface area contributed by atoms with Crippen LogP contribution >= 0.6 is 23.1 Å². The molecule has 0 atom stereocenters. The van der Waals surface area contributed by atoms with E-state index in [1.807, 2.05) is 18.7 Å². The molecule has 0 radical (unpaired) electrons. The summed E-state index contributed by atoms with van der Waals surface area (Å²) in [5, 5.41) is 3.98. The highest BCUT2D eigenvalue weighted by Crippen LogP contribution is 2.31. The van der Waals surface area contributed by atoms with Crippen LogP contribution in [0.25, 0.3) is 0 Å². The van der Waals surface area contributed by atoms with Crippen molar-refractivity contribution in [3.05, 3.63) is 5.69 Å². The Morgan fingerprint density at radius 3 is 2.93 bits per heavy atom. The Balaban J connectivity index is 1.76. The first-order valence-electron chi connectivity index (χ1n) is 4.82. The number of aromatic nitrogens is 1. The van der Waals surface area contributed by atoms with Gasteiger partial charge in [0.2, 0.25) is 0 Å². The summed E-state index contributed by atoms with van der Waals surface area (Å²) in [5.41, 5.74) is 6.72. The van der Waals surface area contributed by atoms with Crippen LogP contribution in [0.1, 0.15) is 12.1 Å². The minimum absolute atomic E-state index is 0.690. The fourth-order valence-electron chi connectivity index (χ4n) is 1.41. The summed E-state index contributed by atoms with van der Waals surface area (Å²) in [6.07, 6.45) is 1.30. The number of nitrogens with zero attached hydrogens (tertiary/aromatic N) is 1. The quantitative estimate of drug-likeness (QED) is 0.772. The third-order valence-electron chi connectivity index (χ3n) is 2.40. The molecule has 1 aliphatic heterocycles. The van der Waals surface area contributed by atoms with Crippen LogP contribution in [0.5, 0.6) is 0 Å². The standard InChI is InChI=1S/C9H15N3S2/c1-6-8(14-9(10)12-6)13-3-2-7-4-11-5-7/h7,11H,2-5H2,1H3,(H2,10,12). The van der Waals surface area contributed by atoms with Gasteiger partial charge in [-0.25, -0.2) is 4.98 Å². The second-order valence-corrected chi connectivity index (χ2v) is 5.98. The fourth-order valence-corrected chi connectivity index (χ4v) is 3.61.